The first-order valence-corrected chi connectivity index (χ1v) is 11.5. The number of nitrogens with zero attached hydrogens (tertiary/aromatic N) is 2. The van der Waals surface area contributed by atoms with Crippen molar-refractivity contribution in [1.29, 1.82) is 0 Å². The lowest BCUT2D eigenvalue weighted by atomic mass is 9.88. The summed E-state index contributed by atoms with van der Waals surface area (Å²) < 4.78 is 23.1. The lowest BCUT2D eigenvalue weighted by molar-refractivity contribution is -0.133. The largest absolute Gasteiger partial charge is 0.341 e. The first kappa shape index (κ1) is 22.2. The first-order valence-electron chi connectivity index (χ1n) is 9.65. The molecule has 152 valence electrons. The summed E-state index contributed by atoms with van der Waals surface area (Å²) >= 11 is 0. The Morgan fingerprint density at radius 2 is 1.67 bits per heavy atom. The highest BCUT2D eigenvalue weighted by Crippen LogP contribution is 2.29. The summed E-state index contributed by atoms with van der Waals surface area (Å²) in [6.07, 6.45) is 8.78. The molecule has 2 aliphatic rings. The maximum atomic E-state index is 12.8. The van der Waals surface area contributed by atoms with Crippen LogP contribution in [0, 0.1) is 0 Å². The van der Waals surface area contributed by atoms with Crippen molar-refractivity contribution in [2.75, 3.05) is 26.4 Å². The number of sulfone groups is 1. The highest BCUT2D eigenvalue weighted by molar-refractivity contribution is 7.90. The van der Waals surface area contributed by atoms with E-state index in [1.807, 2.05) is 11.9 Å². The van der Waals surface area contributed by atoms with Crippen LogP contribution in [-0.4, -0.2) is 62.6 Å². The second kappa shape index (κ2) is 9.39. The minimum atomic E-state index is -3.20. The van der Waals surface area contributed by atoms with E-state index in [4.69, 9.17) is 0 Å². The molecule has 27 heavy (non-hydrogen) atoms. The molecule has 1 saturated heterocycles. The van der Waals surface area contributed by atoms with Crippen LogP contribution in [0.2, 0.25) is 0 Å². The Balaban J connectivity index is 0.00000261. The van der Waals surface area contributed by atoms with Crippen LogP contribution in [0.1, 0.15) is 44.1 Å². The van der Waals surface area contributed by atoms with Crippen molar-refractivity contribution < 1.29 is 13.2 Å². The molecular formula is C20H31ClN2O3S. The van der Waals surface area contributed by atoms with E-state index in [1.165, 1.54) is 38.4 Å². The molecule has 3 rings (SSSR count). The van der Waals surface area contributed by atoms with Crippen molar-refractivity contribution in [3.05, 3.63) is 29.8 Å². The lowest BCUT2D eigenvalue weighted by Crippen LogP contribution is -2.53. The van der Waals surface area contributed by atoms with Crippen LogP contribution in [-0.2, 0) is 21.1 Å². The second-order valence-corrected chi connectivity index (χ2v) is 9.78. The average molecular weight is 415 g/mol. The molecule has 2 atom stereocenters. The molecule has 0 radical (unpaired) electrons. The smallest absolute Gasteiger partial charge is 0.227 e. The molecule has 1 amide bonds. The summed E-state index contributed by atoms with van der Waals surface area (Å²) in [7, 11) is -1.26. The summed E-state index contributed by atoms with van der Waals surface area (Å²) in [5.41, 5.74) is 0.864. The number of amides is 1. The van der Waals surface area contributed by atoms with Gasteiger partial charge in [0.05, 0.1) is 11.3 Å². The van der Waals surface area contributed by atoms with Crippen molar-refractivity contribution >= 4 is 28.2 Å². The molecular weight excluding hydrogens is 384 g/mol. The van der Waals surface area contributed by atoms with E-state index in [0.29, 0.717) is 23.4 Å². The zero-order chi connectivity index (χ0) is 18.7. The number of carbonyl (C=O) groups is 1. The number of hydrogen-bond acceptors (Lipinski definition) is 4. The molecule has 0 spiro atoms. The molecule has 7 heteroatoms. The molecule has 1 aliphatic heterocycles. The molecule has 0 bridgehead atoms. The van der Waals surface area contributed by atoms with Crippen LogP contribution in [0.5, 0.6) is 0 Å². The fraction of sp³-hybridized carbons (Fsp3) is 0.650. The number of hydrogen-bond donors (Lipinski definition) is 0. The van der Waals surface area contributed by atoms with E-state index in [0.717, 1.165) is 25.1 Å². The topological polar surface area (TPSA) is 57.7 Å². The average Bonchev–Trinajstić information content (AvgIpc) is 3.15. The molecule has 2 fully saturated rings. The number of carbonyl (C=O) groups excluding carboxylic acids is 1. The predicted molar refractivity (Wildman–Crippen MR) is 110 cm³/mol. The van der Waals surface area contributed by atoms with Crippen molar-refractivity contribution in [3.63, 3.8) is 0 Å². The van der Waals surface area contributed by atoms with Crippen LogP contribution in [0.15, 0.2) is 29.2 Å². The van der Waals surface area contributed by atoms with Gasteiger partial charge in [0.1, 0.15) is 0 Å². The molecule has 1 aliphatic carbocycles. The molecule has 0 aromatic heterocycles. The normalized spacial score (nSPS) is 23.6. The third-order valence-corrected chi connectivity index (χ3v) is 7.03. The van der Waals surface area contributed by atoms with E-state index in [2.05, 4.69) is 4.90 Å². The highest BCUT2D eigenvalue weighted by atomic mass is 35.5. The highest BCUT2D eigenvalue weighted by Gasteiger charge is 2.35. The Morgan fingerprint density at radius 1 is 1.07 bits per heavy atom. The van der Waals surface area contributed by atoms with Crippen LogP contribution < -0.4 is 0 Å². The fourth-order valence-electron chi connectivity index (χ4n) is 4.38. The van der Waals surface area contributed by atoms with Crippen LogP contribution in [0.25, 0.3) is 0 Å². The van der Waals surface area contributed by atoms with Gasteiger partial charge in [-0.3, -0.25) is 9.69 Å². The molecule has 1 aromatic rings. The number of benzene rings is 1. The van der Waals surface area contributed by atoms with Crippen LogP contribution in [0.3, 0.4) is 0 Å². The number of halogens is 1. The molecule has 1 aromatic carbocycles. The van der Waals surface area contributed by atoms with Crippen molar-refractivity contribution in [2.45, 2.75) is 61.9 Å². The summed E-state index contributed by atoms with van der Waals surface area (Å²) in [6, 6.07) is 7.47. The Kier molecular flexibility index (Phi) is 7.72. The lowest BCUT2D eigenvalue weighted by Gasteiger charge is -2.42. The Labute approximate surface area is 169 Å². The number of likely N-dealkylation sites (N-methyl/N-ethyl adjacent to an activating group) is 1. The van der Waals surface area contributed by atoms with Gasteiger partial charge in [-0.25, -0.2) is 8.42 Å². The summed E-state index contributed by atoms with van der Waals surface area (Å²) in [5.74, 6) is 0.119. The van der Waals surface area contributed by atoms with Crippen LogP contribution >= 0.6 is 12.4 Å². The van der Waals surface area contributed by atoms with Gasteiger partial charge in [-0.2, -0.15) is 0 Å². The Hall–Kier alpha value is -1.11. The summed E-state index contributed by atoms with van der Waals surface area (Å²) in [6.45, 7) is 2.33. The molecule has 1 heterocycles. The summed E-state index contributed by atoms with van der Waals surface area (Å²) in [5, 5.41) is 0. The van der Waals surface area contributed by atoms with Gasteiger partial charge >= 0.3 is 0 Å². The van der Waals surface area contributed by atoms with Gasteiger partial charge < -0.3 is 4.90 Å². The standard InChI is InChI=1S/C20H30N2O3S.ClH/c1-21(18-7-3-4-8-19(18)22-13-5-6-14-22)20(23)15-16-9-11-17(12-10-16)26(2,24)25;/h9-12,18-19H,3-8,13-15H2,1-2H3;1H. The van der Waals surface area contributed by atoms with E-state index in [9.17, 15) is 13.2 Å². The third-order valence-electron chi connectivity index (χ3n) is 5.90. The van der Waals surface area contributed by atoms with E-state index >= 15 is 0 Å². The van der Waals surface area contributed by atoms with Gasteiger partial charge in [0, 0.05) is 25.4 Å². The first-order chi connectivity index (χ1) is 12.4. The third kappa shape index (κ3) is 5.46. The minimum absolute atomic E-state index is 0. The maximum Gasteiger partial charge on any atom is 0.227 e. The van der Waals surface area contributed by atoms with Gasteiger partial charge in [-0.1, -0.05) is 25.0 Å². The monoisotopic (exact) mass is 414 g/mol. The number of likely N-dealkylation sites (tertiary alicyclic amines) is 1. The molecule has 2 unspecified atom stereocenters. The SMILES string of the molecule is CN(C(=O)Cc1ccc(S(C)(=O)=O)cc1)C1CCCCC1N1CCCC1.Cl. The second-order valence-electron chi connectivity index (χ2n) is 7.76. The summed E-state index contributed by atoms with van der Waals surface area (Å²) in [4.78, 5) is 17.7. The van der Waals surface area contributed by atoms with E-state index in [1.54, 1.807) is 24.3 Å². The Morgan fingerprint density at radius 3 is 2.26 bits per heavy atom. The maximum absolute atomic E-state index is 12.8. The van der Waals surface area contributed by atoms with E-state index < -0.39 is 9.84 Å². The van der Waals surface area contributed by atoms with Crippen molar-refractivity contribution in [2.24, 2.45) is 0 Å². The van der Waals surface area contributed by atoms with Crippen molar-refractivity contribution in [3.8, 4) is 0 Å². The van der Waals surface area contributed by atoms with Crippen LogP contribution in [0.4, 0.5) is 0 Å². The van der Waals surface area contributed by atoms with Crippen molar-refractivity contribution in [1.82, 2.24) is 9.80 Å². The molecule has 1 saturated carbocycles. The van der Waals surface area contributed by atoms with Gasteiger partial charge in [0.25, 0.3) is 0 Å². The predicted octanol–water partition coefficient (Wildman–Crippen LogP) is 2.92. The molecule has 0 N–H and O–H groups in total. The number of rotatable bonds is 5. The van der Waals surface area contributed by atoms with Gasteiger partial charge in [0.2, 0.25) is 5.91 Å². The van der Waals surface area contributed by atoms with E-state index in [-0.39, 0.29) is 18.3 Å². The minimum Gasteiger partial charge on any atom is -0.341 e. The fourth-order valence-corrected chi connectivity index (χ4v) is 5.01. The van der Waals surface area contributed by atoms with Gasteiger partial charge in [-0.15, -0.1) is 12.4 Å². The zero-order valence-electron chi connectivity index (χ0n) is 16.3. The van der Waals surface area contributed by atoms with Gasteiger partial charge in [-0.05, 0) is 56.5 Å². The quantitative estimate of drug-likeness (QED) is 0.743. The van der Waals surface area contributed by atoms with Gasteiger partial charge in [0.15, 0.2) is 9.84 Å². The molecule has 5 nitrogen and oxygen atoms in total. The Bertz CT molecular complexity index is 730. The zero-order valence-corrected chi connectivity index (χ0v) is 17.9.